The van der Waals surface area contributed by atoms with Gasteiger partial charge in [-0.1, -0.05) is 168 Å². The lowest BCUT2D eigenvalue weighted by Crippen LogP contribution is -1.97. The summed E-state index contributed by atoms with van der Waals surface area (Å²) in [6.07, 6.45) is 41.3. The molecule has 1 unspecified atom stereocenters. The van der Waals surface area contributed by atoms with E-state index in [1.54, 1.807) is 0 Å². The Hall–Kier alpha value is -5.42. The second-order valence-corrected chi connectivity index (χ2v) is 16.1. The summed E-state index contributed by atoms with van der Waals surface area (Å²) in [5.41, 5.74) is 20.6. The molecule has 0 amide bonds. The Morgan fingerprint density at radius 1 is 0.656 bits per heavy atom. The lowest BCUT2D eigenvalue weighted by Gasteiger charge is -2.16. The van der Waals surface area contributed by atoms with Crippen LogP contribution in [0.15, 0.2) is 158 Å². The van der Waals surface area contributed by atoms with E-state index in [9.17, 15) is 0 Å². The average molecular weight is 806 g/mol. The third-order valence-electron chi connectivity index (χ3n) is 11.5. The van der Waals surface area contributed by atoms with Gasteiger partial charge in [0.1, 0.15) is 0 Å². The van der Waals surface area contributed by atoms with Gasteiger partial charge < -0.3 is 5.73 Å². The molecule has 61 heavy (non-hydrogen) atoms. The molecule has 0 fully saturated rings. The third-order valence-corrected chi connectivity index (χ3v) is 11.5. The molecule has 0 saturated heterocycles. The van der Waals surface area contributed by atoms with Gasteiger partial charge in [-0.3, -0.25) is 0 Å². The van der Waals surface area contributed by atoms with Crippen LogP contribution in [0.5, 0.6) is 0 Å². The van der Waals surface area contributed by atoms with E-state index in [1.807, 2.05) is 19.9 Å². The van der Waals surface area contributed by atoms with Crippen LogP contribution in [0.4, 0.5) is 0 Å². The quantitative estimate of drug-likeness (QED) is 0.0861. The fourth-order valence-electron chi connectivity index (χ4n) is 8.05. The fraction of sp³-hybridized carbons (Fsp3) is 0.333. The molecular formula is C60H71N. The highest BCUT2D eigenvalue weighted by molar-refractivity contribution is 5.86. The molecule has 2 aliphatic rings. The van der Waals surface area contributed by atoms with Crippen LogP contribution >= 0.6 is 0 Å². The van der Waals surface area contributed by atoms with E-state index in [0.29, 0.717) is 12.5 Å². The second-order valence-electron chi connectivity index (χ2n) is 16.1. The average Bonchev–Trinajstić information content (AvgIpc) is 3.32. The van der Waals surface area contributed by atoms with Crippen LogP contribution in [0.1, 0.15) is 134 Å². The molecule has 0 saturated carbocycles. The highest BCUT2D eigenvalue weighted by atomic mass is 14.5. The van der Waals surface area contributed by atoms with Crippen LogP contribution in [0.2, 0.25) is 0 Å². The summed E-state index contributed by atoms with van der Waals surface area (Å²) >= 11 is 0. The van der Waals surface area contributed by atoms with Crippen molar-refractivity contribution >= 4 is 16.7 Å². The van der Waals surface area contributed by atoms with Gasteiger partial charge in [-0.2, -0.15) is 0 Å². The van der Waals surface area contributed by atoms with Crippen molar-refractivity contribution in [3.05, 3.63) is 175 Å². The molecule has 2 aliphatic carbocycles. The van der Waals surface area contributed by atoms with E-state index >= 15 is 0 Å². The number of rotatable bonds is 12. The van der Waals surface area contributed by atoms with Crippen LogP contribution in [-0.2, 0) is 0 Å². The van der Waals surface area contributed by atoms with Gasteiger partial charge in [0.2, 0.25) is 0 Å². The van der Waals surface area contributed by atoms with Gasteiger partial charge >= 0.3 is 0 Å². The maximum Gasteiger partial charge on any atom is 0.0104 e. The predicted octanol–water partition coefficient (Wildman–Crippen LogP) is 17.2. The number of unbranched alkanes of at least 4 members (excludes halogenated alkanes) is 2. The van der Waals surface area contributed by atoms with Gasteiger partial charge in [-0.05, 0) is 192 Å². The smallest absolute Gasteiger partial charge is 0.0104 e. The Morgan fingerprint density at radius 3 is 1.97 bits per heavy atom. The fourth-order valence-corrected chi connectivity index (χ4v) is 8.05. The van der Waals surface area contributed by atoms with E-state index in [2.05, 4.69) is 177 Å². The summed E-state index contributed by atoms with van der Waals surface area (Å²) in [7, 11) is 0. The first-order chi connectivity index (χ1) is 30.1. The molecule has 1 heteroatoms. The molecular weight excluding hydrogens is 735 g/mol. The molecule has 4 aromatic rings. The second kappa shape index (κ2) is 26.7. The SMILES string of the molecule is CC.CCC/C=C(\C=C/C#CCCCN)c1cccc(-c2cc(-c3cccc(C4=C/CCCCCC/C=C\4)c3)cc(-c3cccc(C4=C/C(CC)CCC/C=C/C=C\4)c3)c2)c1. The third kappa shape index (κ3) is 14.9. The van der Waals surface area contributed by atoms with Crippen molar-refractivity contribution in [2.45, 2.75) is 118 Å². The zero-order valence-corrected chi connectivity index (χ0v) is 37.8. The van der Waals surface area contributed by atoms with Crippen molar-refractivity contribution in [2.24, 2.45) is 11.7 Å². The molecule has 316 valence electrons. The largest absolute Gasteiger partial charge is 0.330 e. The zero-order chi connectivity index (χ0) is 42.9. The topological polar surface area (TPSA) is 26.0 Å². The lowest BCUT2D eigenvalue weighted by atomic mass is 9.89. The Kier molecular flexibility index (Phi) is 20.4. The van der Waals surface area contributed by atoms with Crippen LogP contribution in [-0.4, -0.2) is 6.54 Å². The minimum Gasteiger partial charge on any atom is -0.330 e. The van der Waals surface area contributed by atoms with Crippen molar-refractivity contribution in [3.8, 4) is 45.2 Å². The van der Waals surface area contributed by atoms with Gasteiger partial charge in [0.05, 0.1) is 0 Å². The first kappa shape index (κ1) is 46.6. The summed E-state index contributed by atoms with van der Waals surface area (Å²) in [5, 5.41) is 0. The minimum absolute atomic E-state index is 0.574. The lowest BCUT2D eigenvalue weighted by molar-refractivity contribution is 0.550. The summed E-state index contributed by atoms with van der Waals surface area (Å²) < 4.78 is 0. The van der Waals surface area contributed by atoms with Gasteiger partial charge in [0, 0.05) is 6.42 Å². The van der Waals surface area contributed by atoms with E-state index in [4.69, 9.17) is 5.73 Å². The highest BCUT2D eigenvalue weighted by Gasteiger charge is 2.13. The maximum absolute atomic E-state index is 5.69. The van der Waals surface area contributed by atoms with Crippen molar-refractivity contribution in [3.63, 3.8) is 0 Å². The minimum atomic E-state index is 0.574. The van der Waals surface area contributed by atoms with E-state index < -0.39 is 0 Å². The molecule has 0 spiro atoms. The molecule has 0 aromatic heterocycles. The number of hydrogen-bond donors (Lipinski definition) is 1. The summed E-state index contributed by atoms with van der Waals surface area (Å²) in [5.74, 6) is 7.05. The maximum atomic E-state index is 5.69. The van der Waals surface area contributed by atoms with Crippen LogP contribution in [0.25, 0.3) is 50.1 Å². The van der Waals surface area contributed by atoms with Crippen molar-refractivity contribution in [1.29, 1.82) is 0 Å². The molecule has 1 nitrogen and oxygen atoms in total. The van der Waals surface area contributed by atoms with Crippen LogP contribution < -0.4 is 5.73 Å². The summed E-state index contributed by atoms with van der Waals surface area (Å²) in [6.45, 7) is 9.23. The summed E-state index contributed by atoms with van der Waals surface area (Å²) in [6, 6.07) is 34.6. The van der Waals surface area contributed by atoms with E-state index in [0.717, 1.165) is 51.4 Å². The van der Waals surface area contributed by atoms with E-state index in [-0.39, 0.29) is 0 Å². The Bertz CT molecular complexity index is 2250. The first-order valence-corrected chi connectivity index (χ1v) is 23.6. The normalized spacial score (nSPS) is 19.4. The number of hydrogen-bond acceptors (Lipinski definition) is 1. The molecule has 0 radical (unpaired) electrons. The number of allylic oxidation sites excluding steroid dienone is 14. The molecule has 1 atom stereocenters. The predicted molar refractivity (Wildman–Crippen MR) is 271 cm³/mol. The standard InChI is InChI=1S/C58H65N.C2H6/c1-3-5-27-47(28-20-15-10-16-22-38-59)50-32-23-35-53(40-50)56-43-57(54-36-24-33-51(41-54)48-29-18-12-7-6-8-13-19-30-48)45-58(44-56)55-37-25-34-52(42-55)49-31-21-14-9-11-17-26-46(4-2)39-49;1-2/h9,14,18,20-21,23-25,27-37,39-46H,3-8,11-13,16-17,19,22,26,38,59H2,1-2H3;1-2H3/b14-9+,28-20-,29-18-,31-21-,47-27+,48-30+,49-39+;. The summed E-state index contributed by atoms with van der Waals surface area (Å²) in [4.78, 5) is 0. The zero-order valence-electron chi connectivity index (χ0n) is 37.8. The first-order valence-electron chi connectivity index (χ1n) is 23.6. The highest BCUT2D eigenvalue weighted by Crippen LogP contribution is 2.37. The van der Waals surface area contributed by atoms with Gasteiger partial charge in [-0.25, -0.2) is 0 Å². The molecule has 2 N–H and O–H groups in total. The Balaban J connectivity index is 0.00000347. The Morgan fingerprint density at radius 2 is 1.28 bits per heavy atom. The molecule has 4 aromatic carbocycles. The monoisotopic (exact) mass is 806 g/mol. The van der Waals surface area contributed by atoms with Gasteiger partial charge in [0.15, 0.2) is 0 Å². The van der Waals surface area contributed by atoms with Crippen molar-refractivity contribution in [1.82, 2.24) is 0 Å². The molecule has 0 heterocycles. The van der Waals surface area contributed by atoms with Crippen LogP contribution in [0, 0.1) is 17.8 Å². The molecule has 6 rings (SSSR count). The molecule has 0 bridgehead atoms. The van der Waals surface area contributed by atoms with Gasteiger partial charge in [-0.15, -0.1) is 0 Å². The van der Waals surface area contributed by atoms with Crippen LogP contribution in [0.3, 0.4) is 0 Å². The number of benzene rings is 4. The number of nitrogens with two attached hydrogens (primary N) is 1. The molecule has 0 aliphatic heterocycles. The Labute approximate surface area is 370 Å². The van der Waals surface area contributed by atoms with Crippen molar-refractivity contribution in [2.75, 3.05) is 6.54 Å². The van der Waals surface area contributed by atoms with Crippen molar-refractivity contribution < 1.29 is 0 Å². The van der Waals surface area contributed by atoms with Gasteiger partial charge in [0.25, 0.3) is 0 Å². The van der Waals surface area contributed by atoms with E-state index in [1.165, 1.54) is 105 Å².